The quantitative estimate of drug-likeness (QED) is 0.0853. The summed E-state index contributed by atoms with van der Waals surface area (Å²) in [7, 11) is 7.52. The van der Waals surface area contributed by atoms with Crippen LogP contribution < -0.4 is 20.7 Å². The Hall–Kier alpha value is -6.27. The van der Waals surface area contributed by atoms with Gasteiger partial charge >= 0.3 is 0 Å². The van der Waals surface area contributed by atoms with Crippen LogP contribution in [0.5, 0.6) is 11.6 Å². The lowest BCUT2D eigenvalue weighted by Gasteiger charge is -2.12. The average Bonchev–Trinajstić information content (AvgIpc) is 3.69. The van der Waals surface area contributed by atoms with Crippen molar-refractivity contribution in [2.24, 2.45) is 7.05 Å². The molecule has 0 unspecified atom stereocenters. The van der Waals surface area contributed by atoms with Crippen LogP contribution in [-0.4, -0.2) is 57.6 Å². The molecule has 3 N–H and O–H groups in total. The Morgan fingerprint density at radius 3 is 2.27 bits per heavy atom. The first kappa shape index (κ1) is 32.7. The molecule has 3 aromatic carbocycles. The number of carbonyl (C=O) groups is 2. The number of rotatable bonds is 11. The standard InChI is InChI=1S/C37H36N8O4/c1-23-9-11-27(12-10-23)42-34(46)30(19-38-2)35(47)43-28-13-15-29(16-14-28)48-36-32-31(25-8-6-7-24(17-25)20-44(3)4)33(26-18-41-45(5)21-26)49-37(32)40-22-39-36/h6-19,21-22,38H,20H2,1-5H3,(H,42,46)(H,43,47)/b30-19+. The van der Waals surface area contributed by atoms with E-state index in [0.29, 0.717) is 39.9 Å². The largest absolute Gasteiger partial charge is 0.438 e. The van der Waals surface area contributed by atoms with Gasteiger partial charge < -0.3 is 30.0 Å². The molecule has 0 saturated heterocycles. The van der Waals surface area contributed by atoms with Crippen LogP contribution >= 0.6 is 0 Å². The van der Waals surface area contributed by atoms with Crippen molar-refractivity contribution in [1.82, 2.24) is 30.0 Å². The van der Waals surface area contributed by atoms with Crippen molar-refractivity contribution in [1.29, 1.82) is 0 Å². The number of anilines is 2. The lowest BCUT2D eigenvalue weighted by Crippen LogP contribution is -2.26. The molecular weight excluding hydrogens is 620 g/mol. The minimum atomic E-state index is -0.576. The third-order valence-corrected chi connectivity index (χ3v) is 7.55. The third kappa shape index (κ3) is 7.50. The van der Waals surface area contributed by atoms with Crippen LogP contribution in [0.2, 0.25) is 0 Å². The molecule has 12 heteroatoms. The molecule has 6 aromatic rings. The summed E-state index contributed by atoms with van der Waals surface area (Å²) in [6.07, 6.45) is 6.38. The summed E-state index contributed by atoms with van der Waals surface area (Å²) in [5.41, 5.74) is 6.03. The summed E-state index contributed by atoms with van der Waals surface area (Å²) in [5, 5.41) is 13.3. The van der Waals surface area contributed by atoms with Gasteiger partial charge in [-0.05, 0) is 74.6 Å². The van der Waals surface area contributed by atoms with Gasteiger partial charge in [-0.3, -0.25) is 14.3 Å². The number of aromatic nitrogens is 4. The third-order valence-electron chi connectivity index (χ3n) is 7.55. The molecule has 49 heavy (non-hydrogen) atoms. The molecule has 0 aliphatic carbocycles. The fourth-order valence-corrected chi connectivity index (χ4v) is 5.32. The highest BCUT2D eigenvalue weighted by molar-refractivity contribution is 6.26. The number of ether oxygens (including phenoxy) is 1. The van der Waals surface area contributed by atoms with E-state index in [1.807, 2.05) is 58.5 Å². The molecule has 0 bridgehead atoms. The normalized spacial score (nSPS) is 11.5. The zero-order chi connectivity index (χ0) is 34.5. The van der Waals surface area contributed by atoms with Crippen LogP contribution in [-0.2, 0) is 23.2 Å². The van der Waals surface area contributed by atoms with Gasteiger partial charge in [0.1, 0.15) is 28.8 Å². The first-order valence-corrected chi connectivity index (χ1v) is 15.5. The van der Waals surface area contributed by atoms with Crippen LogP contribution in [0.3, 0.4) is 0 Å². The maximum Gasteiger partial charge on any atom is 0.262 e. The number of hydrogen-bond acceptors (Lipinski definition) is 9. The topological polar surface area (TPSA) is 139 Å². The van der Waals surface area contributed by atoms with Crippen molar-refractivity contribution in [3.8, 4) is 34.1 Å². The van der Waals surface area contributed by atoms with Crippen molar-refractivity contribution in [3.63, 3.8) is 0 Å². The Morgan fingerprint density at radius 1 is 0.939 bits per heavy atom. The highest BCUT2D eigenvalue weighted by Crippen LogP contribution is 2.44. The van der Waals surface area contributed by atoms with Crippen LogP contribution in [0.15, 0.2) is 108 Å². The molecule has 0 spiro atoms. The molecule has 0 atom stereocenters. The van der Waals surface area contributed by atoms with Crippen LogP contribution in [0.4, 0.5) is 11.4 Å². The minimum Gasteiger partial charge on any atom is -0.438 e. The lowest BCUT2D eigenvalue weighted by atomic mass is 9.99. The monoisotopic (exact) mass is 656 g/mol. The molecule has 3 aromatic heterocycles. The highest BCUT2D eigenvalue weighted by Gasteiger charge is 2.25. The number of fused-ring (bicyclic) bond motifs is 1. The molecule has 3 heterocycles. The fourth-order valence-electron chi connectivity index (χ4n) is 5.32. The first-order valence-electron chi connectivity index (χ1n) is 15.5. The molecule has 0 aliphatic rings. The van der Waals surface area contributed by atoms with Crippen molar-refractivity contribution in [2.45, 2.75) is 13.5 Å². The second-order valence-electron chi connectivity index (χ2n) is 11.8. The summed E-state index contributed by atoms with van der Waals surface area (Å²) in [6, 6.07) is 22.3. The molecule has 2 amide bonds. The number of furan rings is 1. The van der Waals surface area contributed by atoms with Gasteiger partial charge in [-0.25, -0.2) is 9.97 Å². The second-order valence-corrected chi connectivity index (χ2v) is 11.8. The lowest BCUT2D eigenvalue weighted by molar-refractivity contribution is -0.118. The Bertz CT molecular complexity index is 2150. The predicted molar refractivity (Wildman–Crippen MR) is 189 cm³/mol. The summed E-state index contributed by atoms with van der Waals surface area (Å²) in [6.45, 7) is 2.72. The van der Waals surface area contributed by atoms with Gasteiger partial charge in [0, 0.05) is 50.0 Å². The first-order chi connectivity index (χ1) is 23.7. The Balaban J connectivity index is 1.27. The molecular formula is C37H36N8O4. The Labute approximate surface area is 283 Å². The molecule has 0 fully saturated rings. The number of benzene rings is 3. The van der Waals surface area contributed by atoms with Gasteiger partial charge in [-0.15, -0.1) is 0 Å². The van der Waals surface area contributed by atoms with E-state index < -0.39 is 11.8 Å². The second kappa shape index (κ2) is 14.2. The van der Waals surface area contributed by atoms with Crippen LogP contribution in [0, 0.1) is 6.92 Å². The maximum atomic E-state index is 13.1. The van der Waals surface area contributed by atoms with Gasteiger partial charge in [-0.2, -0.15) is 5.10 Å². The van der Waals surface area contributed by atoms with Crippen molar-refractivity contribution in [2.75, 3.05) is 31.8 Å². The molecule has 6 rings (SSSR count). The number of aryl methyl sites for hydroxylation is 2. The maximum absolute atomic E-state index is 13.1. The summed E-state index contributed by atoms with van der Waals surface area (Å²) >= 11 is 0. The predicted octanol–water partition coefficient (Wildman–Crippen LogP) is 6.13. The average molecular weight is 657 g/mol. The number of hydrogen-bond donors (Lipinski definition) is 3. The van der Waals surface area contributed by atoms with Crippen molar-refractivity contribution >= 4 is 34.3 Å². The Morgan fingerprint density at radius 2 is 1.63 bits per heavy atom. The van der Waals surface area contributed by atoms with Crippen molar-refractivity contribution < 1.29 is 18.7 Å². The molecule has 12 nitrogen and oxygen atoms in total. The van der Waals surface area contributed by atoms with Gasteiger partial charge in [0.05, 0.1) is 11.8 Å². The number of carbonyl (C=O) groups excluding carboxylic acids is 2. The zero-order valence-electron chi connectivity index (χ0n) is 27.8. The van der Waals surface area contributed by atoms with E-state index in [0.717, 1.165) is 34.4 Å². The van der Waals surface area contributed by atoms with E-state index in [1.54, 1.807) is 54.3 Å². The highest BCUT2D eigenvalue weighted by atomic mass is 16.5. The van der Waals surface area contributed by atoms with Crippen LogP contribution in [0.25, 0.3) is 33.6 Å². The molecule has 0 aliphatic heterocycles. The minimum absolute atomic E-state index is 0.0849. The number of amides is 2. The number of nitrogens with one attached hydrogen (secondary N) is 3. The van der Waals surface area contributed by atoms with E-state index in [4.69, 9.17) is 9.15 Å². The van der Waals surface area contributed by atoms with Gasteiger partial charge in [-0.1, -0.05) is 35.9 Å². The molecule has 248 valence electrons. The van der Waals surface area contributed by atoms with E-state index in [9.17, 15) is 9.59 Å². The van der Waals surface area contributed by atoms with E-state index in [-0.39, 0.29) is 5.57 Å². The van der Waals surface area contributed by atoms with Gasteiger partial charge in [0.15, 0.2) is 0 Å². The summed E-state index contributed by atoms with van der Waals surface area (Å²) < 4.78 is 14.4. The van der Waals surface area contributed by atoms with Gasteiger partial charge in [0.25, 0.3) is 11.8 Å². The Kier molecular flexibility index (Phi) is 9.49. The van der Waals surface area contributed by atoms with Gasteiger partial charge in [0.2, 0.25) is 11.6 Å². The summed E-state index contributed by atoms with van der Waals surface area (Å²) in [5.74, 6) is 0.258. The fraction of sp³-hybridized carbons (Fsp3) is 0.162. The molecule has 0 radical (unpaired) electrons. The van der Waals surface area contributed by atoms with E-state index >= 15 is 0 Å². The smallest absolute Gasteiger partial charge is 0.262 e. The zero-order valence-corrected chi connectivity index (χ0v) is 27.8. The van der Waals surface area contributed by atoms with Crippen LogP contribution in [0.1, 0.15) is 11.1 Å². The molecule has 0 saturated carbocycles. The summed E-state index contributed by atoms with van der Waals surface area (Å²) in [4.78, 5) is 37.1. The SMILES string of the molecule is CN/C=C(\C(=O)Nc1ccc(C)cc1)C(=O)Nc1ccc(Oc2ncnc3oc(-c4cnn(C)c4)c(-c4cccc(CN(C)C)c4)c23)cc1. The van der Waals surface area contributed by atoms with E-state index in [2.05, 4.69) is 48.0 Å². The van der Waals surface area contributed by atoms with Crippen molar-refractivity contribution in [3.05, 3.63) is 114 Å². The number of nitrogens with zero attached hydrogens (tertiary/aromatic N) is 5. The van der Waals surface area contributed by atoms with E-state index in [1.165, 1.54) is 12.5 Å².